The molecule has 132 valence electrons. The van der Waals surface area contributed by atoms with Crippen molar-refractivity contribution in [1.82, 2.24) is 10.9 Å². The van der Waals surface area contributed by atoms with Gasteiger partial charge >= 0.3 is 0 Å². The number of carbonyl (C=O) groups is 2. The van der Waals surface area contributed by atoms with Crippen molar-refractivity contribution in [1.29, 1.82) is 0 Å². The zero-order valence-corrected chi connectivity index (χ0v) is 14.8. The summed E-state index contributed by atoms with van der Waals surface area (Å²) in [6, 6.07) is 14.2. The van der Waals surface area contributed by atoms with Gasteiger partial charge in [-0.1, -0.05) is 49.2 Å². The van der Waals surface area contributed by atoms with Crippen LogP contribution in [0.4, 0.5) is 0 Å². The zero-order chi connectivity index (χ0) is 18.1. The number of hydrogen-bond acceptors (Lipinski definition) is 3. The molecule has 2 aromatic rings. The Morgan fingerprint density at radius 2 is 1.76 bits per heavy atom. The molecule has 2 rings (SSSR count). The molecule has 0 unspecified atom stereocenters. The van der Waals surface area contributed by atoms with E-state index < -0.39 is 5.91 Å². The predicted octanol–water partition coefficient (Wildman–Crippen LogP) is 3.52. The normalized spacial score (nSPS) is 10.2. The average Bonchev–Trinajstić information content (AvgIpc) is 2.64. The molecule has 2 aromatic carbocycles. The first-order chi connectivity index (χ1) is 12.1. The Labute approximate surface area is 152 Å². The van der Waals surface area contributed by atoms with Gasteiger partial charge in [0.25, 0.3) is 11.8 Å². The van der Waals surface area contributed by atoms with E-state index in [-0.39, 0.29) is 12.5 Å². The number of hydrazine groups is 1. The van der Waals surface area contributed by atoms with Gasteiger partial charge in [0.2, 0.25) is 0 Å². The summed E-state index contributed by atoms with van der Waals surface area (Å²) in [6.45, 7) is 1.89. The number of ether oxygens (including phenoxy) is 1. The molecular formula is C19H21ClN2O3. The molecule has 0 heterocycles. The van der Waals surface area contributed by atoms with Gasteiger partial charge in [-0.05, 0) is 42.7 Å². The Bertz CT molecular complexity index is 717. The zero-order valence-electron chi connectivity index (χ0n) is 14.0. The van der Waals surface area contributed by atoms with E-state index in [0.717, 1.165) is 19.3 Å². The lowest BCUT2D eigenvalue weighted by molar-refractivity contribution is -0.123. The van der Waals surface area contributed by atoms with E-state index in [1.54, 1.807) is 36.4 Å². The monoisotopic (exact) mass is 360 g/mol. The molecule has 0 saturated carbocycles. The van der Waals surface area contributed by atoms with E-state index >= 15 is 0 Å². The van der Waals surface area contributed by atoms with Crippen LogP contribution < -0.4 is 15.6 Å². The summed E-state index contributed by atoms with van der Waals surface area (Å²) >= 11 is 5.93. The summed E-state index contributed by atoms with van der Waals surface area (Å²) in [5.74, 6) is -0.450. The molecule has 0 fully saturated rings. The summed E-state index contributed by atoms with van der Waals surface area (Å²) in [4.78, 5) is 23.8. The van der Waals surface area contributed by atoms with Crippen molar-refractivity contribution in [2.45, 2.75) is 26.2 Å². The molecule has 2 amide bonds. The Balaban J connectivity index is 1.77. The number of halogens is 1. The number of amides is 2. The quantitative estimate of drug-likeness (QED) is 0.742. The number of para-hydroxylation sites is 1. The topological polar surface area (TPSA) is 67.4 Å². The van der Waals surface area contributed by atoms with Gasteiger partial charge in [0.05, 0.1) is 5.02 Å². The van der Waals surface area contributed by atoms with Gasteiger partial charge < -0.3 is 4.74 Å². The molecule has 2 N–H and O–H groups in total. The second-order valence-corrected chi connectivity index (χ2v) is 5.93. The third kappa shape index (κ3) is 6.12. The van der Waals surface area contributed by atoms with Crippen LogP contribution in [0.5, 0.6) is 5.75 Å². The van der Waals surface area contributed by atoms with E-state index in [1.165, 1.54) is 5.56 Å². The van der Waals surface area contributed by atoms with Crippen molar-refractivity contribution in [3.63, 3.8) is 0 Å². The summed E-state index contributed by atoms with van der Waals surface area (Å²) in [6.07, 6.45) is 3.24. The van der Waals surface area contributed by atoms with Crippen molar-refractivity contribution < 1.29 is 14.3 Å². The van der Waals surface area contributed by atoms with Gasteiger partial charge in [-0.25, -0.2) is 0 Å². The van der Waals surface area contributed by atoms with Crippen LogP contribution >= 0.6 is 11.6 Å². The van der Waals surface area contributed by atoms with E-state index in [4.69, 9.17) is 16.3 Å². The van der Waals surface area contributed by atoms with Crippen molar-refractivity contribution in [2.24, 2.45) is 0 Å². The fraction of sp³-hybridized carbons (Fsp3) is 0.263. The lowest BCUT2D eigenvalue weighted by Crippen LogP contribution is -2.43. The highest BCUT2D eigenvalue weighted by Gasteiger charge is 2.09. The maximum atomic E-state index is 12.0. The second-order valence-electron chi connectivity index (χ2n) is 5.52. The standard InChI is InChI=1S/C19H21ClN2O3/c1-2-3-6-14-9-11-15(12-10-14)19(24)22-21-18(23)13-25-17-8-5-4-7-16(17)20/h4-5,7-12H,2-3,6,13H2,1H3,(H,21,23)(H,22,24). The predicted molar refractivity (Wildman–Crippen MR) is 97.6 cm³/mol. The van der Waals surface area contributed by atoms with Crippen LogP contribution in [0.2, 0.25) is 5.02 Å². The largest absolute Gasteiger partial charge is 0.482 e. The minimum atomic E-state index is -0.479. The van der Waals surface area contributed by atoms with Crippen molar-refractivity contribution >= 4 is 23.4 Å². The molecule has 5 nitrogen and oxygen atoms in total. The maximum absolute atomic E-state index is 12.0. The second kappa shape index (κ2) is 9.69. The van der Waals surface area contributed by atoms with E-state index in [0.29, 0.717) is 16.3 Å². The smallest absolute Gasteiger partial charge is 0.276 e. The molecule has 0 bridgehead atoms. The van der Waals surface area contributed by atoms with Crippen LogP contribution in [0.25, 0.3) is 0 Å². The van der Waals surface area contributed by atoms with Crippen LogP contribution in [-0.2, 0) is 11.2 Å². The number of hydrogen-bond donors (Lipinski definition) is 2. The third-order valence-electron chi connectivity index (χ3n) is 3.55. The Morgan fingerprint density at radius 3 is 2.44 bits per heavy atom. The first kappa shape index (κ1) is 18.8. The minimum Gasteiger partial charge on any atom is -0.482 e. The van der Waals surface area contributed by atoms with Crippen LogP contribution in [0.15, 0.2) is 48.5 Å². The Morgan fingerprint density at radius 1 is 1.04 bits per heavy atom. The Hall–Kier alpha value is -2.53. The van der Waals surface area contributed by atoms with E-state index in [1.807, 2.05) is 12.1 Å². The maximum Gasteiger partial charge on any atom is 0.276 e. The molecule has 0 aromatic heterocycles. The van der Waals surface area contributed by atoms with Gasteiger partial charge in [-0.2, -0.15) is 0 Å². The lowest BCUT2D eigenvalue weighted by Gasteiger charge is -2.10. The van der Waals surface area contributed by atoms with Crippen LogP contribution in [0.1, 0.15) is 35.7 Å². The highest BCUT2D eigenvalue weighted by molar-refractivity contribution is 6.32. The number of carbonyl (C=O) groups excluding carboxylic acids is 2. The molecule has 0 spiro atoms. The van der Waals surface area contributed by atoms with Crippen LogP contribution in [-0.4, -0.2) is 18.4 Å². The van der Waals surface area contributed by atoms with Gasteiger partial charge in [-0.15, -0.1) is 0 Å². The third-order valence-corrected chi connectivity index (χ3v) is 3.86. The van der Waals surface area contributed by atoms with E-state index in [2.05, 4.69) is 17.8 Å². The number of unbranched alkanes of at least 4 members (excludes halogenated alkanes) is 1. The molecule has 0 saturated heterocycles. The molecule has 6 heteroatoms. The van der Waals surface area contributed by atoms with Gasteiger partial charge in [0, 0.05) is 5.56 Å². The molecule has 25 heavy (non-hydrogen) atoms. The van der Waals surface area contributed by atoms with Crippen molar-refractivity contribution in [3.8, 4) is 5.75 Å². The molecule has 0 aliphatic heterocycles. The highest BCUT2D eigenvalue weighted by Crippen LogP contribution is 2.22. The first-order valence-corrected chi connectivity index (χ1v) is 8.53. The van der Waals surface area contributed by atoms with Gasteiger partial charge in [-0.3, -0.25) is 20.4 Å². The fourth-order valence-corrected chi connectivity index (χ4v) is 2.33. The van der Waals surface area contributed by atoms with E-state index in [9.17, 15) is 9.59 Å². The molecular weight excluding hydrogens is 340 g/mol. The summed E-state index contributed by atoms with van der Waals surface area (Å²) < 4.78 is 5.29. The molecule has 0 atom stereocenters. The van der Waals surface area contributed by atoms with Crippen molar-refractivity contribution in [2.75, 3.05) is 6.61 Å². The molecule has 0 aliphatic rings. The lowest BCUT2D eigenvalue weighted by atomic mass is 10.1. The van der Waals surface area contributed by atoms with Crippen molar-refractivity contribution in [3.05, 3.63) is 64.7 Å². The number of aryl methyl sites for hydroxylation is 1. The number of benzene rings is 2. The first-order valence-electron chi connectivity index (χ1n) is 8.15. The van der Waals surface area contributed by atoms with Gasteiger partial charge in [0.1, 0.15) is 5.75 Å². The SMILES string of the molecule is CCCCc1ccc(C(=O)NNC(=O)COc2ccccc2Cl)cc1. The summed E-state index contributed by atoms with van der Waals surface area (Å²) in [5, 5.41) is 0.419. The summed E-state index contributed by atoms with van der Waals surface area (Å²) in [5.41, 5.74) is 6.34. The molecule has 0 radical (unpaired) electrons. The fourth-order valence-electron chi connectivity index (χ4n) is 2.14. The number of nitrogens with one attached hydrogen (secondary N) is 2. The van der Waals surface area contributed by atoms with Crippen LogP contribution in [0, 0.1) is 0 Å². The minimum absolute atomic E-state index is 0.250. The van der Waals surface area contributed by atoms with Gasteiger partial charge in [0.15, 0.2) is 6.61 Å². The Kier molecular flexibility index (Phi) is 7.29. The van der Waals surface area contributed by atoms with Crippen LogP contribution in [0.3, 0.4) is 0 Å². The highest BCUT2D eigenvalue weighted by atomic mass is 35.5. The number of rotatable bonds is 7. The average molecular weight is 361 g/mol. The molecule has 0 aliphatic carbocycles. The summed E-state index contributed by atoms with van der Waals surface area (Å²) in [7, 11) is 0.